The zero-order valence-electron chi connectivity index (χ0n) is 13.1. The van der Waals surface area contributed by atoms with Crippen molar-refractivity contribution in [1.29, 1.82) is 0 Å². The van der Waals surface area contributed by atoms with Crippen LogP contribution in [0.1, 0.15) is 37.8 Å². The van der Waals surface area contributed by atoms with Gasteiger partial charge in [0.15, 0.2) is 0 Å². The summed E-state index contributed by atoms with van der Waals surface area (Å²) in [6.45, 7) is 7.20. The molecule has 2 atom stereocenters. The lowest BCUT2D eigenvalue weighted by Crippen LogP contribution is -2.45. The number of carboxylic acid groups (broad SMARTS) is 1. The van der Waals surface area contributed by atoms with Crippen molar-refractivity contribution in [3.8, 4) is 5.75 Å². The number of hydrogen-bond donors (Lipinski definition) is 2. The highest BCUT2D eigenvalue weighted by atomic mass is 16.5. The Kier molecular flexibility index (Phi) is 5.76. The Labute approximate surface area is 125 Å². The molecule has 1 rings (SSSR count). The summed E-state index contributed by atoms with van der Waals surface area (Å²) in [5, 5.41) is 11.7. The molecule has 0 fully saturated rings. The molecular weight excluding hydrogens is 270 g/mol. The molecule has 0 spiro atoms. The number of methoxy groups -OCH3 is 1. The first-order valence-electron chi connectivity index (χ1n) is 6.95. The average molecular weight is 293 g/mol. The van der Waals surface area contributed by atoms with Crippen molar-refractivity contribution in [2.45, 2.75) is 39.7 Å². The van der Waals surface area contributed by atoms with E-state index < -0.39 is 17.9 Å². The number of rotatable bonds is 6. The first-order valence-corrected chi connectivity index (χ1v) is 6.95. The van der Waals surface area contributed by atoms with Gasteiger partial charge >= 0.3 is 5.97 Å². The fourth-order valence-corrected chi connectivity index (χ4v) is 2.19. The van der Waals surface area contributed by atoms with Crippen LogP contribution in [0.3, 0.4) is 0 Å². The van der Waals surface area contributed by atoms with Gasteiger partial charge in [0, 0.05) is 0 Å². The first kappa shape index (κ1) is 17.0. The lowest BCUT2D eigenvalue weighted by molar-refractivity contribution is -0.143. The van der Waals surface area contributed by atoms with E-state index in [1.54, 1.807) is 33.9 Å². The summed E-state index contributed by atoms with van der Waals surface area (Å²) in [5.74, 6) is -1.16. The number of hydrogen-bond acceptors (Lipinski definition) is 3. The van der Waals surface area contributed by atoms with Crippen molar-refractivity contribution in [2.24, 2.45) is 5.92 Å². The minimum absolute atomic E-state index is 0.171. The maximum absolute atomic E-state index is 12.3. The van der Waals surface area contributed by atoms with Crippen LogP contribution < -0.4 is 10.1 Å². The minimum Gasteiger partial charge on any atom is -0.497 e. The molecule has 0 radical (unpaired) electrons. The lowest BCUT2D eigenvalue weighted by atomic mass is 9.94. The van der Waals surface area contributed by atoms with Crippen LogP contribution in [0.15, 0.2) is 18.2 Å². The Balaban J connectivity index is 2.90. The van der Waals surface area contributed by atoms with Gasteiger partial charge in [0.1, 0.15) is 11.8 Å². The van der Waals surface area contributed by atoms with E-state index in [1.807, 2.05) is 19.1 Å². The average Bonchev–Trinajstić information content (AvgIpc) is 2.42. The first-order chi connectivity index (χ1) is 9.77. The van der Waals surface area contributed by atoms with Crippen LogP contribution >= 0.6 is 0 Å². The summed E-state index contributed by atoms with van der Waals surface area (Å²) < 4.78 is 5.14. The molecule has 21 heavy (non-hydrogen) atoms. The SMILES string of the molecule is COc1ccc(C(C)C(=O)NC(C(=O)O)C(C)C)c(C)c1. The van der Waals surface area contributed by atoms with Crippen LogP contribution in [0.5, 0.6) is 5.75 Å². The van der Waals surface area contributed by atoms with Crippen molar-refractivity contribution in [2.75, 3.05) is 7.11 Å². The third-order valence-corrected chi connectivity index (χ3v) is 3.57. The standard InChI is InChI=1S/C16H23NO4/c1-9(2)14(16(19)20)17-15(18)11(4)13-7-6-12(21-5)8-10(13)3/h6-9,11,14H,1-5H3,(H,17,18)(H,19,20). The van der Waals surface area contributed by atoms with Gasteiger partial charge in [0.2, 0.25) is 5.91 Å². The Morgan fingerprint density at radius 2 is 1.86 bits per heavy atom. The predicted octanol–water partition coefficient (Wildman–Crippen LogP) is 2.33. The second-order valence-electron chi connectivity index (χ2n) is 5.51. The number of amides is 1. The maximum Gasteiger partial charge on any atom is 0.326 e. The van der Waals surface area contributed by atoms with Crippen molar-refractivity contribution in [1.82, 2.24) is 5.32 Å². The zero-order chi connectivity index (χ0) is 16.2. The molecular formula is C16H23NO4. The molecule has 2 N–H and O–H groups in total. The van der Waals surface area contributed by atoms with Gasteiger partial charge in [-0.05, 0) is 43.0 Å². The van der Waals surface area contributed by atoms with Crippen molar-refractivity contribution in [3.63, 3.8) is 0 Å². The van der Waals surface area contributed by atoms with Gasteiger partial charge in [0.05, 0.1) is 13.0 Å². The summed E-state index contributed by atoms with van der Waals surface area (Å²) in [4.78, 5) is 23.4. The molecule has 0 saturated carbocycles. The number of aryl methyl sites for hydroxylation is 1. The van der Waals surface area contributed by atoms with E-state index in [0.29, 0.717) is 0 Å². The fraction of sp³-hybridized carbons (Fsp3) is 0.500. The molecule has 0 aromatic heterocycles. The topological polar surface area (TPSA) is 75.6 Å². The molecule has 1 aromatic rings. The Bertz CT molecular complexity index is 525. The number of benzene rings is 1. The summed E-state index contributed by atoms with van der Waals surface area (Å²) in [6, 6.07) is 4.61. The molecule has 0 aliphatic heterocycles. The largest absolute Gasteiger partial charge is 0.497 e. The van der Waals surface area contributed by atoms with E-state index >= 15 is 0 Å². The second-order valence-corrected chi connectivity index (χ2v) is 5.51. The summed E-state index contributed by atoms with van der Waals surface area (Å²) in [5.41, 5.74) is 1.80. The van der Waals surface area contributed by atoms with Gasteiger partial charge < -0.3 is 15.2 Å². The Hall–Kier alpha value is -2.04. The van der Waals surface area contributed by atoms with Gasteiger partial charge in [-0.25, -0.2) is 4.79 Å². The summed E-state index contributed by atoms with van der Waals surface area (Å²) >= 11 is 0. The van der Waals surface area contributed by atoms with E-state index in [2.05, 4.69) is 5.32 Å². The van der Waals surface area contributed by atoms with Crippen LogP contribution in [0.4, 0.5) is 0 Å². The number of aliphatic carboxylic acids is 1. The number of carboxylic acids is 1. The van der Waals surface area contributed by atoms with E-state index in [9.17, 15) is 9.59 Å². The summed E-state index contributed by atoms with van der Waals surface area (Å²) in [7, 11) is 1.59. The molecule has 0 aliphatic carbocycles. The molecule has 0 bridgehead atoms. The van der Waals surface area contributed by atoms with Crippen LogP contribution in [0.2, 0.25) is 0 Å². The molecule has 1 aromatic carbocycles. The Morgan fingerprint density at radius 1 is 1.24 bits per heavy atom. The molecule has 5 heteroatoms. The molecule has 2 unspecified atom stereocenters. The monoisotopic (exact) mass is 293 g/mol. The van der Waals surface area contributed by atoms with Crippen LogP contribution in [0, 0.1) is 12.8 Å². The number of ether oxygens (including phenoxy) is 1. The fourth-order valence-electron chi connectivity index (χ4n) is 2.19. The highest BCUT2D eigenvalue weighted by Gasteiger charge is 2.26. The highest BCUT2D eigenvalue weighted by Crippen LogP contribution is 2.24. The third kappa shape index (κ3) is 4.21. The lowest BCUT2D eigenvalue weighted by Gasteiger charge is -2.21. The Morgan fingerprint density at radius 3 is 2.29 bits per heavy atom. The van der Waals surface area contributed by atoms with E-state index in [-0.39, 0.29) is 11.8 Å². The number of carbonyl (C=O) groups excluding carboxylic acids is 1. The van der Waals surface area contributed by atoms with Gasteiger partial charge in [-0.1, -0.05) is 19.9 Å². The van der Waals surface area contributed by atoms with Crippen molar-refractivity contribution < 1.29 is 19.4 Å². The maximum atomic E-state index is 12.3. The van der Waals surface area contributed by atoms with Crippen LogP contribution in [0.25, 0.3) is 0 Å². The van der Waals surface area contributed by atoms with Crippen LogP contribution in [-0.4, -0.2) is 30.1 Å². The van der Waals surface area contributed by atoms with Gasteiger partial charge in [-0.3, -0.25) is 4.79 Å². The van der Waals surface area contributed by atoms with E-state index in [4.69, 9.17) is 9.84 Å². The zero-order valence-corrected chi connectivity index (χ0v) is 13.1. The number of nitrogens with one attached hydrogen (secondary N) is 1. The molecule has 116 valence electrons. The van der Waals surface area contributed by atoms with Gasteiger partial charge in [0.25, 0.3) is 0 Å². The van der Waals surface area contributed by atoms with E-state index in [0.717, 1.165) is 16.9 Å². The normalized spacial score (nSPS) is 13.6. The van der Waals surface area contributed by atoms with Crippen molar-refractivity contribution >= 4 is 11.9 Å². The minimum atomic E-state index is -1.02. The number of carbonyl (C=O) groups is 2. The smallest absolute Gasteiger partial charge is 0.326 e. The molecule has 0 heterocycles. The predicted molar refractivity (Wildman–Crippen MR) is 80.6 cm³/mol. The summed E-state index contributed by atoms with van der Waals surface area (Å²) in [6.07, 6.45) is 0. The molecule has 0 aliphatic rings. The quantitative estimate of drug-likeness (QED) is 0.844. The van der Waals surface area contributed by atoms with Gasteiger partial charge in [-0.2, -0.15) is 0 Å². The van der Waals surface area contributed by atoms with Gasteiger partial charge in [-0.15, -0.1) is 0 Å². The highest BCUT2D eigenvalue weighted by molar-refractivity contribution is 5.88. The molecule has 1 amide bonds. The molecule has 5 nitrogen and oxygen atoms in total. The van der Waals surface area contributed by atoms with Crippen LogP contribution in [-0.2, 0) is 9.59 Å². The third-order valence-electron chi connectivity index (χ3n) is 3.57. The van der Waals surface area contributed by atoms with E-state index in [1.165, 1.54) is 0 Å². The second kappa shape index (κ2) is 7.11. The molecule has 0 saturated heterocycles. The van der Waals surface area contributed by atoms with Crippen molar-refractivity contribution in [3.05, 3.63) is 29.3 Å².